The molecule has 0 fully saturated rings. The van der Waals surface area contributed by atoms with Gasteiger partial charge in [-0.2, -0.15) is 0 Å². The Balaban J connectivity index is 1.53. The van der Waals surface area contributed by atoms with E-state index in [-0.39, 0.29) is 5.97 Å². The van der Waals surface area contributed by atoms with Gasteiger partial charge in [-0.15, -0.1) is 11.8 Å². The largest absolute Gasteiger partial charge is 0.465 e. The number of nitrogens with one attached hydrogen (secondary N) is 2. The number of thiazole rings is 1. The van der Waals surface area contributed by atoms with Gasteiger partial charge in [0, 0.05) is 30.4 Å². The molecule has 3 N–H and O–H groups in total. The van der Waals surface area contributed by atoms with Crippen LogP contribution < -0.4 is 10.6 Å². The molecule has 0 spiro atoms. The average molecular weight is 406 g/mol. The first-order valence-electron chi connectivity index (χ1n) is 8.10. The summed E-state index contributed by atoms with van der Waals surface area (Å²) in [5.74, 6) is 0.0938. The number of carbonyl (C=O) groups excluding carboxylic acids is 1. The molecule has 0 aliphatic rings. The zero-order valence-corrected chi connectivity index (χ0v) is 16.4. The molecule has 0 bridgehead atoms. The van der Waals surface area contributed by atoms with Gasteiger partial charge >= 0.3 is 5.97 Å². The number of rotatable bonds is 8. The predicted octanol–water partition coefficient (Wildman–Crippen LogP) is 2.48. The van der Waals surface area contributed by atoms with Crippen LogP contribution in [0.4, 0.5) is 11.1 Å². The summed E-state index contributed by atoms with van der Waals surface area (Å²) >= 11 is 2.98. The number of aromatic nitrogens is 3. The molecule has 0 radical (unpaired) electrons. The number of fused-ring (bicyclic) bond motifs is 1. The van der Waals surface area contributed by atoms with Crippen LogP contribution in [0.3, 0.4) is 0 Å². The number of ether oxygens (including phenoxy) is 1. The van der Waals surface area contributed by atoms with Crippen molar-refractivity contribution in [3.05, 3.63) is 36.2 Å². The van der Waals surface area contributed by atoms with Gasteiger partial charge < -0.3 is 20.5 Å². The zero-order valence-electron chi connectivity index (χ0n) is 14.8. The fourth-order valence-corrected chi connectivity index (χ4v) is 3.47. The van der Waals surface area contributed by atoms with Gasteiger partial charge in [-0.25, -0.2) is 19.7 Å². The fraction of sp³-hybridized carbons (Fsp3) is 0.294. The number of aliphatic hydroxyl groups is 1. The standard InChI is InChI=1S/C17H19N5O3S2/c1-25-15(24)10-3-4-13-14(5-10)27-17(22-13)21-7-11(23)6-18-16-19-8-12(26-2)9-20-16/h3-5,8-9,11,23H,6-7H2,1-2H3,(H,21,22)(H,18,19,20)/t11-/m1/s1. The summed E-state index contributed by atoms with van der Waals surface area (Å²) in [5, 5.41) is 16.9. The van der Waals surface area contributed by atoms with E-state index in [1.54, 1.807) is 42.4 Å². The molecular formula is C17H19N5O3S2. The third-order valence-electron chi connectivity index (χ3n) is 3.66. The molecule has 0 unspecified atom stereocenters. The third kappa shape index (κ3) is 5.06. The lowest BCUT2D eigenvalue weighted by atomic mass is 10.2. The highest BCUT2D eigenvalue weighted by Crippen LogP contribution is 2.27. The van der Waals surface area contributed by atoms with E-state index in [1.807, 2.05) is 6.26 Å². The van der Waals surface area contributed by atoms with Gasteiger partial charge in [0.05, 0.1) is 29.0 Å². The number of carbonyl (C=O) groups is 1. The molecule has 0 saturated heterocycles. The van der Waals surface area contributed by atoms with Gasteiger partial charge in [0.15, 0.2) is 5.13 Å². The van der Waals surface area contributed by atoms with E-state index in [0.29, 0.717) is 29.7 Å². The van der Waals surface area contributed by atoms with Crippen molar-refractivity contribution in [3.63, 3.8) is 0 Å². The molecule has 0 aliphatic carbocycles. The molecule has 142 valence electrons. The first-order valence-corrected chi connectivity index (χ1v) is 10.1. The van der Waals surface area contributed by atoms with Gasteiger partial charge in [0.1, 0.15) is 0 Å². The van der Waals surface area contributed by atoms with E-state index in [9.17, 15) is 9.90 Å². The minimum absolute atomic E-state index is 0.309. The predicted molar refractivity (Wildman–Crippen MR) is 108 cm³/mol. The summed E-state index contributed by atoms with van der Waals surface area (Å²) in [7, 11) is 1.35. The number of aliphatic hydroxyl groups excluding tert-OH is 1. The molecule has 2 aromatic heterocycles. The number of methoxy groups -OCH3 is 1. The summed E-state index contributed by atoms with van der Waals surface area (Å²) in [5.41, 5.74) is 1.27. The SMILES string of the molecule is COC(=O)c1ccc2nc(NC[C@H](O)CNc3ncc(SC)cn3)sc2c1. The molecule has 8 nitrogen and oxygen atoms in total. The van der Waals surface area contributed by atoms with Crippen molar-refractivity contribution >= 4 is 50.4 Å². The van der Waals surface area contributed by atoms with Gasteiger partial charge in [0.2, 0.25) is 5.95 Å². The number of hydrogen-bond acceptors (Lipinski definition) is 10. The highest BCUT2D eigenvalue weighted by Gasteiger charge is 2.11. The minimum atomic E-state index is -0.647. The van der Waals surface area contributed by atoms with Crippen LogP contribution in [0, 0.1) is 0 Å². The Morgan fingerprint density at radius 1 is 1.30 bits per heavy atom. The maximum atomic E-state index is 11.6. The van der Waals surface area contributed by atoms with Crippen molar-refractivity contribution in [1.29, 1.82) is 0 Å². The normalized spacial score (nSPS) is 12.0. The summed E-state index contributed by atoms with van der Waals surface area (Å²) in [6.45, 7) is 0.628. The van der Waals surface area contributed by atoms with E-state index in [2.05, 4.69) is 25.6 Å². The van der Waals surface area contributed by atoms with Crippen molar-refractivity contribution in [3.8, 4) is 0 Å². The Kier molecular flexibility index (Phi) is 6.43. The molecule has 0 saturated carbocycles. The number of anilines is 2. The Bertz CT molecular complexity index is 917. The van der Waals surface area contributed by atoms with Crippen molar-refractivity contribution in [2.24, 2.45) is 0 Å². The minimum Gasteiger partial charge on any atom is -0.465 e. The van der Waals surface area contributed by atoms with Crippen LogP contribution in [0.15, 0.2) is 35.5 Å². The lowest BCUT2D eigenvalue weighted by Gasteiger charge is -2.12. The third-order valence-corrected chi connectivity index (χ3v) is 5.32. The van der Waals surface area contributed by atoms with E-state index >= 15 is 0 Å². The van der Waals surface area contributed by atoms with Crippen molar-refractivity contribution in [1.82, 2.24) is 15.0 Å². The topological polar surface area (TPSA) is 109 Å². The lowest BCUT2D eigenvalue weighted by molar-refractivity contribution is 0.0601. The molecule has 0 amide bonds. The number of esters is 1. The van der Waals surface area contributed by atoms with E-state index < -0.39 is 6.10 Å². The highest BCUT2D eigenvalue weighted by atomic mass is 32.2. The second kappa shape index (κ2) is 8.98. The monoisotopic (exact) mass is 405 g/mol. The molecule has 1 atom stereocenters. The molecular weight excluding hydrogens is 386 g/mol. The maximum Gasteiger partial charge on any atom is 0.337 e. The van der Waals surface area contributed by atoms with Crippen LogP contribution >= 0.6 is 23.1 Å². The molecule has 2 heterocycles. The molecule has 3 rings (SSSR count). The van der Waals surface area contributed by atoms with Gasteiger partial charge in [0.25, 0.3) is 0 Å². The number of hydrogen-bond donors (Lipinski definition) is 3. The van der Waals surface area contributed by atoms with Gasteiger partial charge in [-0.3, -0.25) is 0 Å². The first-order chi connectivity index (χ1) is 13.1. The zero-order chi connectivity index (χ0) is 19.2. The van der Waals surface area contributed by atoms with Crippen LogP contribution in [0.1, 0.15) is 10.4 Å². The Morgan fingerprint density at radius 2 is 2.04 bits per heavy atom. The smallest absolute Gasteiger partial charge is 0.337 e. The quantitative estimate of drug-likeness (QED) is 0.384. The first kappa shape index (κ1) is 19.3. The van der Waals surface area contributed by atoms with Gasteiger partial charge in [-0.05, 0) is 24.5 Å². The summed E-state index contributed by atoms with van der Waals surface area (Å²) in [6, 6.07) is 5.20. The summed E-state index contributed by atoms with van der Waals surface area (Å²) in [6.07, 6.45) is 4.77. The lowest BCUT2D eigenvalue weighted by Crippen LogP contribution is -2.28. The Morgan fingerprint density at radius 3 is 2.74 bits per heavy atom. The summed E-state index contributed by atoms with van der Waals surface area (Å²) < 4.78 is 5.60. The van der Waals surface area contributed by atoms with Crippen LogP contribution in [0.25, 0.3) is 10.2 Å². The Labute approximate surface area is 164 Å². The molecule has 3 aromatic rings. The average Bonchev–Trinajstić information content (AvgIpc) is 3.12. The van der Waals surface area contributed by atoms with Crippen molar-refractivity contribution < 1.29 is 14.6 Å². The molecule has 27 heavy (non-hydrogen) atoms. The second-order valence-electron chi connectivity index (χ2n) is 5.56. The van der Waals surface area contributed by atoms with E-state index in [1.165, 1.54) is 18.4 Å². The van der Waals surface area contributed by atoms with Crippen molar-refractivity contribution in [2.45, 2.75) is 11.0 Å². The fourth-order valence-electron chi connectivity index (χ4n) is 2.24. The second-order valence-corrected chi connectivity index (χ2v) is 7.47. The van der Waals surface area contributed by atoms with Crippen LogP contribution in [0.5, 0.6) is 0 Å². The van der Waals surface area contributed by atoms with Crippen LogP contribution in [0.2, 0.25) is 0 Å². The Hall–Kier alpha value is -2.43. The van der Waals surface area contributed by atoms with Crippen molar-refractivity contribution in [2.75, 3.05) is 37.1 Å². The molecule has 10 heteroatoms. The number of thioether (sulfide) groups is 1. The number of nitrogens with zero attached hydrogens (tertiary/aromatic N) is 3. The van der Waals surface area contributed by atoms with E-state index in [0.717, 1.165) is 15.1 Å². The maximum absolute atomic E-state index is 11.6. The van der Waals surface area contributed by atoms with Gasteiger partial charge in [-0.1, -0.05) is 11.3 Å². The molecule has 1 aromatic carbocycles. The van der Waals surface area contributed by atoms with Crippen LogP contribution in [-0.4, -0.2) is 58.6 Å². The summed E-state index contributed by atoms with van der Waals surface area (Å²) in [4.78, 5) is 25.4. The number of benzene rings is 1. The van der Waals surface area contributed by atoms with E-state index in [4.69, 9.17) is 4.74 Å². The highest BCUT2D eigenvalue weighted by molar-refractivity contribution is 7.98. The molecule has 0 aliphatic heterocycles. The van der Waals surface area contributed by atoms with Crippen LogP contribution in [-0.2, 0) is 4.74 Å².